The number of halogens is 3. The molecule has 0 fully saturated rings. The van der Waals surface area contributed by atoms with Crippen LogP contribution in [0.4, 0.5) is 24.7 Å². The van der Waals surface area contributed by atoms with Gasteiger partial charge in [-0.3, -0.25) is 4.18 Å². The van der Waals surface area contributed by atoms with Gasteiger partial charge in [0.2, 0.25) is 0 Å². The molecule has 0 unspecified atom stereocenters. The van der Waals surface area contributed by atoms with E-state index in [0.29, 0.717) is 5.69 Å². The van der Waals surface area contributed by atoms with Crippen LogP contribution in [0.2, 0.25) is 0 Å². The van der Waals surface area contributed by atoms with Crippen molar-refractivity contribution in [3.63, 3.8) is 0 Å². The molecule has 1 N–H and O–H groups in total. The van der Waals surface area contributed by atoms with Crippen LogP contribution in [-0.4, -0.2) is 37.9 Å². The Morgan fingerprint density at radius 1 is 1.08 bits per heavy atom. The first kappa shape index (κ1) is 18.9. The number of ether oxygens (including phenoxy) is 1. The zero-order valence-electron chi connectivity index (χ0n) is 12.9. The Balaban J connectivity index is 2.02. The highest BCUT2D eigenvalue weighted by Crippen LogP contribution is 2.30. The molecule has 0 atom stereocenters. The van der Waals surface area contributed by atoms with Crippen molar-refractivity contribution in [2.45, 2.75) is 6.18 Å². The molecule has 7 nitrogen and oxygen atoms in total. The third kappa shape index (κ3) is 6.19. The largest absolute Gasteiger partial charge is 0.473 e. The van der Waals surface area contributed by atoms with Crippen LogP contribution >= 0.6 is 0 Å². The normalized spacial score (nSPS) is 12.0. The van der Waals surface area contributed by atoms with Crippen molar-refractivity contribution in [1.29, 1.82) is 0 Å². The van der Waals surface area contributed by atoms with Gasteiger partial charge in [0.05, 0.1) is 11.8 Å². The molecule has 0 saturated heterocycles. The summed E-state index contributed by atoms with van der Waals surface area (Å²) in [4.78, 5) is 7.93. The Kier molecular flexibility index (Phi) is 5.80. The number of anilines is 2. The molecule has 1 aromatic heterocycles. The van der Waals surface area contributed by atoms with E-state index in [2.05, 4.69) is 19.5 Å². The molecule has 0 radical (unpaired) electrons. The van der Waals surface area contributed by atoms with Gasteiger partial charge in [0, 0.05) is 18.1 Å². The zero-order valence-corrected chi connectivity index (χ0v) is 13.8. The van der Waals surface area contributed by atoms with Gasteiger partial charge in [0.1, 0.15) is 13.2 Å². The molecule has 1 aromatic carbocycles. The third-order valence-electron chi connectivity index (χ3n) is 2.76. The summed E-state index contributed by atoms with van der Waals surface area (Å²) in [7, 11) is -3.58. The lowest BCUT2D eigenvalue weighted by molar-refractivity contribution is -0.137. The summed E-state index contributed by atoms with van der Waals surface area (Å²) in [5.41, 5.74) is -0.419. The van der Waals surface area contributed by atoms with Crippen molar-refractivity contribution in [1.82, 2.24) is 9.97 Å². The second-order valence-corrected chi connectivity index (χ2v) is 6.43. The van der Waals surface area contributed by atoms with Crippen LogP contribution in [0.15, 0.2) is 36.7 Å². The first-order chi connectivity index (χ1) is 11.6. The van der Waals surface area contributed by atoms with E-state index in [1.165, 1.54) is 24.5 Å². The highest BCUT2D eigenvalue weighted by Gasteiger charge is 2.29. The molecule has 25 heavy (non-hydrogen) atoms. The average Bonchev–Trinajstić information content (AvgIpc) is 2.52. The lowest BCUT2D eigenvalue weighted by atomic mass is 10.2. The molecule has 11 heteroatoms. The van der Waals surface area contributed by atoms with Crippen LogP contribution in [0.5, 0.6) is 5.88 Å². The summed E-state index contributed by atoms with van der Waals surface area (Å²) >= 11 is 0. The number of benzene rings is 1. The first-order valence-corrected chi connectivity index (χ1v) is 8.69. The maximum Gasteiger partial charge on any atom is 0.416 e. The molecule has 0 aliphatic carbocycles. The summed E-state index contributed by atoms with van der Waals surface area (Å²) < 4.78 is 69.2. The van der Waals surface area contributed by atoms with E-state index in [9.17, 15) is 21.6 Å². The van der Waals surface area contributed by atoms with Crippen LogP contribution in [0.25, 0.3) is 0 Å². The summed E-state index contributed by atoms with van der Waals surface area (Å²) in [6.07, 6.45) is -0.789. The topological polar surface area (TPSA) is 90.4 Å². The molecular formula is C14H14F3N3O4S. The van der Waals surface area contributed by atoms with Gasteiger partial charge >= 0.3 is 6.18 Å². The molecule has 1 heterocycles. The van der Waals surface area contributed by atoms with Gasteiger partial charge in [-0.2, -0.15) is 21.6 Å². The average molecular weight is 377 g/mol. The summed E-state index contributed by atoms with van der Waals surface area (Å²) in [6, 6.07) is 4.35. The highest BCUT2D eigenvalue weighted by atomic mass is 32.2. The number of rotatable bonds is 7. The van der Waals surface area contributed by atoms with Crippen LogP contribution in [0.3, 0.4) is 0 Å². The van der Waals surface area contributed by atoms with Gasteiger partial charge in [-0.05, 0) is 24.3 Å². The monoisotopic (exact) mass is 377 g/mol. The Morgan fingerprint density at radius 3 is 2.32 bits per heavy atom. The van der Waals surface area contributed by atoms with E-state index in [-0.39, 0.29) is 24.9 Å². The SMILES string of the molecule is CS(=O)(=O)OCCOc1nccnc1Nc1ccc(C(F)(F)F)cc1. The molecule has 136 valence electrons. The number of hydrogen-bond donors (Lipinski definition) is 1. The number of nitrogens with zero attached hydrogens (tertiary/aromatic N) is 2. The minimum absolute atomic E-state index is 0.0551. The van der Waals surface area contributed by atoms with E-state index >= 15 is 0 Å². The van der Waals surface area contributed by atoms with Gasteiger partial charge < -0.3 is 10.1 Å². The van der Waals surface area contributed by atoms with E-state index in [0.717, 1.165) is 18.4 Å². The highest BCUT2D eigenvalue weighted by molar-refractivity contribution is 7.85. The minimum Gasteiger partial charge on any atom is -0.473 e. The summed E-state index contributed by atoms with van der Waals surface area (Å²) in [6.45, 7) is -0.317. The molecule has 0 aliphatic rings. The van der Waals surface area contributed by atoms with E-state index in [4.69, 9.17) is 4.74 Å². The molecule has 0 amide bonds. The second kappa shape index (κ2) is 7.66. The Labute approximate surface area is 141 Å². The van der Waals surface area contributed by atoms with Gasteiger partial charge in [-0.25, -0.2) is 9.97 Å². The fourth-order valence-electron chi connectivity index (χ4n) is 1.72. The Morgan fingerprint density at radius 2 is 1.72 bits per heavy atom. The van der Waals surface area contributed by atoms with Gasteiger partial charge in [0.25, 0.3) is 16.0 Å². The van der Waals surface area contributed by atoms with Crippen molar-refractivity contribution in [3.05, 3.63) is 42.2 Å². The molecular weight excluding hydrogens is 363 g/mol. The van der Waals surface area contributed by atoms with Crippen LogP contribution in [-0.2, 0) is 20.5 Å². The number of hydrogen-bond acceptors (Lipinski definition) is 7. The van der Waals surface area contributed by atoms with Gasteiger partial charge in [-0.1, -0.05) is 0 Å². The lowest BCUT2D eigenvalue weighted by Crippen LogP contribution is -2.12. The number of nitrogens with one attached hydrogen (secondary N) is 1. The van der Waals surface area contributed by atoms with Crippen molar-refractivity contribution < 1.29 is 30.5 Å². The lowest BCUT2D eigenvalue weighted by Gasteiger charge is -2.12. The van der Waals surface area contributed by atoms with Crippen molar-refractivity contribution >= 4 is 21.6 Å². The minimum atomic E-state index is -4.42. The Bertz CT molecular complexity index is 811. The molecule has 0 bridgehead atoms. The summed E-state index contributed by atoms with van der Waals surface area (Å²) in [5, 5.41) is 2.78. The fourth-order valence-corrected chi connectivity index (χ4v) is 2.09. The predicted octanol–water partition coefficient (Wildman–Crippen LogP) is 2.59. The quantitative estimate of drug-likeness (QED) is 0.586. The van der Waals surface area contributed by atoms with Crippen LogP contribution < -0.4 is 10.1 Å². The van der Waals surface area contributed by atoms with Crippen LogP contribution in [0, 0.1) is 0 Å². The van der Waals surface area contributed by atoms with Crippen molar-refractivity contribution in [3.8, 4) is 5.88 Å². The summed E-state index contributed by atoms with van der Waals surface area (Å²) in [5.74, 6) is 0.223. The van der Waals surface area contributed by atoms with Crippen LogP contribution in [0.1, 0.15) is 5.56 Å². The first-order valence-electron chi connectivity index (χ1n) is 6.87. The molecule has 2 aromatic rings. The molecule has 0 spiro atoms. The molecule has 0 saturated carbocycles. The van der Waals surface area contributed by atoms with Gasteiger partial charge in [0.15, 0.2) is 5.82 Å². The van der Waals surface area contributed by atoms with Crippen molar-refractivity contribution in [2.24, 2.45) is 0 Å². The molecule has 0 aliphatic heterocycles. The number of alkyl halides is 3. The predicted molar refractivity (Wildman–Crippen MR) is 83.0 cm³/mol. The smallest absolute Gasteiger partial charge is 0.416 e. The second-order valence-electron chi connectivity index (χ2n) is 4.78. The van der Waals surface area contributed by atoms with Gasteiger partial charge in [-0.15, -0.1) is 0 Å². The maximum absolute atomic E-state index is 12.6. The maximum atomic E-state index is 12.6. The van der Waals surface area contributed by atoms with E-state index in [1.807, 2.05) is 0 Å². The fraction of sp³-hybridized carbons (Fsp3) is 0.286. The van der Waals surface area contributed by atoms with Crippen molar-refractivity contribution in [2.75, 3.05) is 24.8 Å². The zero-order chi connectivity index (χ0) is 18.5. The van der Waals surface area contributed by atoms with E-state index in [1.54, 1.807) is 0 Å². The molecule has 2 rings (SSSR count). The third-order valence-corrected chi connectivity index (χ3v) is 3.35. The Hall–Kier alpha value is -2.40. The van der Waals surface area contributed by atoms with E-state index < -0.39 is 21.9 Å². The number of aromatic nitrogens is 2. The standard InChI is InChI=1S/C14H14F3N3O4S/c1-25(21,22)24-9-8-23-13-12(18-6-7-19-13)20-11-4-2-10(3-5-11)14(15,16)17/h2-7H,8-9H2,1H3,(H,18,20).